The molecule has 1 aromatic carbocycles. The number of rotatable bonds is 4. The first kappa shape index (κ1) is 12.4. The van der Waals surface area contributed by atoms with Crippen LogP contribution in [-0.4, -0.2) is 16.5 Å². The topological polar surface area (TPSA) is 37.8 Å². The molecular weight excluding hydrogens is 236 g/mol. The van der Waals surface area contributed by atoms with Gasteiger partial charge < -0.3 is 5.32 Å². The zero-order chi connectivity index (χ0) is 13.0. The van der Waals surface area contributed by atoms with Crippen LogP contribution in [0.4, 0.5) is 14.6 Å². The number of hydrogen-bond donors (Lipinski definition) is 1. The van der Waals surface area contributed by atoms with Crippen molar-refractivity contribution >= 4 is 5.82 Å². The maximum absolute atomic E-state index is 13.3. The lowest BCUT2D eigenvalue weighted by molar-refractivity contribution is 0.572. The lowest BCUT2D eigenvalue weighted by atomic mass is 10.1. The van der Waals surface area contributed by atoms with Gasteiger partial charge in [0.25, 0.3) is 0 Å². The fourth-order valence-electron chi connectivity index (χ4n) is 1.60. The van der Waals surface area contributed by atoms with E-state index in [1.165, 1.54) is 18.5 Å². The standard InChI is InChI=1S/C13H13F2N3/c1-9-6-13(18-8-17-9)16-5-4-10-2-3-11(14)7-12(10)15/h2-3,6-8H,4-5H2,1H3,(H,16,17,18). The quantitative estimate of drug-likeness (QED) is 0.905. The van der Waals surface area contributed by atoms with E-state index in [0.717, 1.165) is 11.8 Å². The van der Waals surface area contributed by atoms with Crippen LogP contribution < -0.4 is 5.32 Å². The summed E-state index contributed by atoms with van der Waals surface area (Å²) in [5.41, 5.74) is 1.34. The van der Waals surface area contributed by atoms with Crippen LogP contribution in [0.15, 0.2) is 30.6 Å². The van der Waals surface area contributed by atoms with E-state index < -0.39 is 11.6 Å². The van der Waals surface area contributed by atoms with E-state index in [-0.39, 0.29) is 0 Å². The van der Waals surface area contributed by atoms with Crippen molar-refractivity contribution in [3.63, 3.8) is 0 Å². The van der Waals surface area contributed by atoms with E-state index in [0.29, 0.717) is 24.3 Å². The summed E-state index contributed by atoms with van der Waals surface area (Å²) in [6.45, 7) is 2.39. The van der Waals surface area contributed by atoms with Crippen LogP contribution in [0.2, 0.25) is 0 Å². The molecule has 0 bridgehead atoms. The summed E-state index contributed by atoms with van der Waals surface area (Å²) in [6.07, 6.45) is 1.94. The molecule has 0 radical (unpaired) electrons. The van der Waals surface area contributed by atoms with Crippen molar-refractivity contribution in [3.8, 4) is 0 Å². The maximum atomic E-state index is 13.3. The number of nitrogens with one attached hydrogen (secondary N) is 1. The molecule has 0 fully saturated rings. The number of anilines is 1. The van der Waals surface area contributed by atoms with Gasteiger partial charge in [0.05, 0.1) is 0 Å². The lowest BCUT2D eigenvalue weighted by Crippen LogP contribution is -2.08. The van der Waals surface area contributed by atoms with Gasteiger partial charge in [0.1, 0.15) is 23.8 Å². The Labute approximate surface area is 104 Å². The van der Waals surface area contributed by atoms with Gasteiger partial charge in [-0.2, -0.15) is 0 Å². The van der Waals surface area contributed by atoms with Crippen LogP contribution in [0.3, 0.4) is 0 Å². The van der Waals surface area contributed by atoms with Crippen molar-refractivity contribution in [1.29, 1.82) is 0 Å². The normalized spacial score (nSPS) is 10.4. The number of hydrogen-bond acceptors (Lipinski definition) is 3. The first-order valence-electron chi connectivity index (χ1n) is 5.61. The largest absolute Gasteiger partial charge is 0.370 e. The van der Waals surface area contributed by atoms with Crippen molar-refractivity contribution in [1.82, 2.24) is 9.97 Å². The summed E-state index contributed by atoms with van der Waals surface area (Å²) >= 11 is 0. The minimum Gasteiger partial charge on any atom is -0.370 e. The van der Waals surface area contributed by atoms with Crippen LogP contribution in [0.25, 0.3) is 0 Å². The highest BCUT2D eigenvalue weighted by Crippen LogP contribution is 2.10. The van der Waals surface area contributed by atoms with Gasteiger partial charge in [-0.05, 0) is 25.0 Å². The summed E-state index contributed by atoms with van der Waals surface area (Å²) in [4.78, 5) is 8.01. The van der Waals surface area contributed by atoms with Crippen LogP contribution >= 0.6 is 0 Å². The number of aromatic nitrogens is 2. The van der Waals surface area contributed by atoms with Crippen LogP contribution in [0.1, 0.15) is 11.3 Å². The average Bonchev–Trinajstić information content (AvgIpc) is 2.32. The molecule has 0 aliphatic rings. The Bertz CT molecular complexity index is 544. The van der Waals surface area contributed by atoms with Crippen molar-refractivity contribution in [3.05, 3.63) is 53.5 Å². The van der Waals surface area contributed by atoms with Gasteiger partial charge in [-0.25, -0.2) is 18.7 Å². The van der Waals surface area contributed by atoms with Crippen molar-refractivity contribution in [2.75, 3.05) is 11.9 Å². The lowest BCUT2D eigenvalue weighted by Gasteiger charge is -2.06. The minimum atomic E-state index is -0.560. The minimum absolute atomic E-state index is 0.467. The molecule has 0 amide bonds. The predicted octanol–water partition coefficient (Wildman–Crippen LogP) is 2.72. The molecule has 0 aliphatic heterocycles. The summed E-state index contributed by atoms with van der Waals surface area (Å²) < 4.78 is 26.1. The van der Waals surface area contributed by atoms with Crippen LogP contribution in [0, 0.1) is 18.6 Å². The molecule has 5 heteroatoms. The van der Waals surface area contributed by atoms with Crippen molar-refractivity contribution in [2.45, 2.75) is 13.3 Å². The maximum Gasteiger partial charge on any atom is 0.129 e. The second kappa shape index (κ2) is 5.53. The van der Waals surface area contributed by atoms with Crippen LogP contribution in [-0.2, 0) is 6.42 Å². The molecule has 2 aromatic rings. The monoisotopic (exact) mass is 249 g/mol. The van der Waals surface area contributed by atoms with Crippen molar-refractivity contribution in [2.24, 2.45) is 0 Å². The van der Waals surface area contributed by atoms with E-state index in [9.17, 15) is 8.78 Å². The highest BCUT2D eigenvalue weighted by atomic mass is 19.1. The Balaban J connectivity index is 1.92. The molecule has 0 spiro atoms. The Morgan fingerprint density at radius 3 is 2.72 bits per heavy atom. The highest BCUT2D eigenvalue weighted by Gasteiger charge is 2.03. The molecule has 2 rings (SSSR count). The number of benzene rings is 1. The Kier molecular flexibility index (Phi) is 3.82. The third-order valence-electron chi connectivity index (χ3n) is 2.52. The molecule has 1 N–H and O–H groups in total. The van der Waals surface area contributed by atoms with Gasteiger partial charge in [-0.3, -0.25) is 0 Å². The van der Waals surface area contributed by atoms with Gasteiger partial charge in [0.15, 0.2) is 0 Å². The van der Waals surface area contributed by atoms with E-state index in [4.69, 9.17) is 0 Å². The summed E-state index contributed by atoms with van der Waals surface area (Å²) in [5.74, 6) is -0.378. The Morgan fingerprint density at radius 1 is 1.17 bits per heavy atom. The molecule has 0 saturated carbocycles. The molecule has 3 nitrogen and oxygen atoms in total. The molecule has 0 saturated heterocycles. The smallest absolute Gasteiger partial charge is 0.129 e. The molecule has 1 aromatic heterocycles. The second-order valence-corrected chi connectivity index (χ2v) is 3.96. The summed E-state index contributed by atoms with van der Waals surface area (Å²) in [7, 11) is 0. The molecule has 0 atom stereocenters. The van der Waals surface area contributed by atoms with Gasteiger partial charge >= 0.3 is 0 Å². The summed E-state index contributed by atoms with van der Waals surface area (Å²) in [6, 6.07) is 5.41. The van der Waals surface area contributed by atoms with Gasteiger partial charge in [0, 0.05) is 24.4 Å². The molecule has 94 valence electrons. The fraction of sp³-hybridized carbons (Fsp3) is 0.231. The second-order valence-electron chi connectivity index (χ2n) is 3.96. The number of aryl methyl sites for hydroxylation is 1. The summed E-state index contributed by atoms with van der Waals surface area (Å²) in [5, 5.41) is 3.06. The van der Waals surface area contributed by atoms with E-state index in [2.05, 4.69) is 15.3 Å². The van der Waals surface area contributed by atoms with Gasteiger partial charge in [-0.15, -0.1) is 0 Å². The zero-order valence-corrected chi connectivity index (χ0v) is 9.95. The third kappa shape index (κ3) is 3.23. The Morgan fingerprint density at radius 2 is 2.00 bits per heavy atom. The van der Waals surface area contributed by atoms with E-state index in [1.54, 1.807) is 6.07 Å². The van der Waals surface area contributed by atoms with Crippen LogP contribution in [0.5, 0.6) is 0 Å². The molecular formula is C13H13F2N3. The predicted molar refractivity (Wildman–Crippen MR) is 65.3 cm³/mol. The number of nitrogens with zero attached hydrogens (tertiary/aromatic N) is 2. The van der Waals surface area contributed by atoms with Gasteiger partial charge in [0.2, 0.25) is 0 Å². The molecule has 0 unspecified atom stereocenters. The first-order valence-corrected chi connectivity index (χ1v) is 5.61. The van der Waals surface area contributed by atoms with Crippen molar-refractivity contribution < 1.29 is 8.78 Å². The van der Waals surface area contributed by atoms with E-state index in [1.807, 2.05) is 6.92 Å². The van der Waals surface area contributed by atoms with Gasteiger partial charge in [-0.1, -0.05) is 6.07 Å². The first-order chi connectivity index (χ1) is 8.65. The van der Waals surface area contributed by atoms with E-state index >= 15 is 0 Å². The number of halogens is 2. The third-order valence-corrected chi connectivity index (χ3v) is 2.52. The molecule has 18 heavy (non-hydrogen) atoms. The molecule has 1 heterocycles. The molecule has 0 aliphatic carbocycles. The fourth-order valence-corrected chi connectivity index (χ4v) is 1.60. The Hall–Kier alpha value is -2.04. The SMILES string of the molecule is Cc1cc(NCCc2ccc(F)cc2F)ncn1. The zero-order valence-electron chi connectivity index (χ0n) is 9.95. The highest BCUT2D eigenvalue weighted by molar-refractivity contribution is 5.34. The average molecular weight is 249 g/mol.